The summed E-state index contributed by atoms with van der Waals surface area (Å²) in [5.74, 6) is -1.02. The number of nitrogens with two attached hydrogens (primary N) is 1. The number of ether oxygens (including phenoxy) is 2. The fourth-order valence-corrected chi connectivity index (χ4v) is 4.23. The normalized spacial score (nSPS) is 10.9. The molecule has 1 amide bonds. The quantitative estimate of drug-likeness (QED) is 0.391. The number of anilines is 2. The summed E-state index contributed by atoms with van der Waals surface area (Å²) in [6.45, 7) is 8.66. The van der Waals surface area contributed by atoms with E-state index in [4.69, 9.17) is 15.2 Å². The lowest BCUT2D eigenvalue weighted by Crippen LogP contribution is -2.44. The molecule has 3 rings (SSSR count). The fraction of sp³-hybridized carbons (Fsp3) is 0.357. The average Bonchev–Trinajstić information content (AvgIpc) is 2.84. The number of aryl methyl sites for hydroxylation is 3. The summed E-state index contributed by atoms with van der Waals surface area (Å²) < 4.78 is 12.0. The SMILES string of the molecule is Cc1cc(C)c(OCC(=O)OCC(=O)N(CC(C)C)c2c(N)n(Cc3ccccc3)c(=O)[nH]c2=O)c(C)c1. The highest BCUT2D eigenvalue weighted by Crippen LogP contribution is 2.24. The van der Waals surface area contributed by atoms with Crippen LogP contribution in [0.15, 0.2) is 52.1 Å². The van der Waals surface area contributed by atoms with Gasteiger partial charge in [0.2, 0.25) is 0 Å². The zero-order valence-corrected chi connectivity index (χ0v) is 22.4. The Morgan fingerprint density at radius 2 is 1.66 bits per heavy atom. The molecular weight excluding hydrogens is 488 g/mol. The van der Waals surface area contributed by atoms with Gasteiger partial charge in [-0.05, 0) is 43.4 Å². The number of nitrogens with zero attached hydrogens (tertiary/aromatic N) is 2. The summed E-state index contributed by atoms with van der Waals surface area (Å²) in [7, 11) is 0. The number of H-pyrrole nitrogens is 1. The summed E-state index contributed by atoms with van der Waals surface area (Å²) in [4.78, 5) is 54.3. The Bertz CT molecular complexity index is 1400. The van der Waals surface area contributed by atoms with Gasteiger partial charge in [-0.15, -0.1) is 0 Å². The molecule has 10 heteroatoms. The Morgan fingerprint density at radius 3 is 2.26 bits per heavy atom. The Hall–Kier alpha value is -4.34. The third-order valence-corrected chi connectivity index (χ3v) is 5.81. The summed E-state index contributed by atoms with van der Waals surface area (Å²) in [6, 6.07) is 13.0. The highest BCUT2D eigenvalue weighted by Gasteiger charge is 2.26. The summed E-state index contributed by atoms with van der Waals surface area (Å²) >= 11 is 0. The second kappa shape index (κ2) is 12.3. The first-order valence-corrected chi connectivity index (χ1v) is 12.3. The zero-order chi connectivity index (χ0) is 28.0. The first kappa shape index (κ1) is 28.2. The molecular formula is C28H34N4O6. The van der Waals surface area contributed by atoms with Crippen molar-refractivity contribution in [1.82, 2.24) is 9.55 Å². The van der Waals surface area contributed by atoms with E-state index >= 15 is 0 Å². The van der Waals surface area contributed by atoms with Gasteiger partial charge in [0, 0.05) is 6.54 Å². The van der Waals surface area contributed by atoms with Gasteiger partial charge >= 0.3 is 11.7 Å². The zero-order valence-electron chi connectivity index (χ0n) is 22.4. The standard InChI is InChI=1S/C28H34N4O6/c1-17(2)13-31(22(33)15-37-23(34)16-38-25-19(4)11-18(3)12-20(25)5)24-26(29)32(28(36)30-27(24)35)14-21-9-7-6-8-10-21/h6-12,17H,13-16,29H2,1-5H3,(H,30,35,36). The number of aromatic amines is 1. The highest BCUT2D eigenvalue weighted by molar-refractivity contribution is 5.97. The van der Waals surface area contributed by atoms with Crippen molar-refractivity contribution in [3.63, 3.8) is 0 Å². The minimum absolute atomic E-state index is 0.0567. The van der Waals surface area contributed by atoms with Gasteiger partial charge in [-0.3, -0.25) is 19.1 Å². The molecule has 0 atom stereocenters. The topological polar surface area (TPSA) is 137 Å². The molecule has 2 aromatic carbocycles. The van der Waals surface area contributed by atoms with Crippen LogP contribution in [-0.2, 0) is 20.9 Å². The molecule has 10 nitrogen and oxygen atoms in total. The number of amides is 1. The molecule has 3 aromatic rings. The van der Waals surface area contributed by atoms with Crippen LogP contribution in [0.2, 0.25) is 0 Å². The van der Waals surface area contributed by atoms with E-state index in [1.807, 2.05) is 77.1 Å². The largest absolute Gasteiger partial charge is 0.481 e. The lowest BCUT2D eigenvalue weighted by atomic mass is 10.1. The molecule has 0 fully saturated rings. The molecule has 0 bridgehead atoms. The molecule has 202 valence electrons. The van der Waals surface area contributed by atoms with Crippen LogP contribution >= 0.6 is 0 Å². The summed E-state index contributed by atoms with van der Waals surface area (Å²) in [5.41, 5.74) is 8.25. The van der Waals surface area contributed by atoms with E-state index in [1.165, 1.54) is 4.57 Å². The van der Waals surface area contributed by atoms with Crippen molar-refractivity contribution in [3.05, 3.63) is 85.6 Å². The maximum Gasteiger partial charge on any atom is 0.344 e. The van der Waals surface area contributed by atoms with Crippen molar-refractivity contribution in [3.8, 4) is 5.75 Å². The fourth-order valence-electron chi connectivity index (χ4n) is 4.23. The van der Waals surface area contributed by atoms with Crippen LogP contribution in [0.1, 0.15) is 36.1 Å². The lowest BCUT2D eigenvalue weighted by molar-refractivity contribution is -0.149. The van der Waals surface area contributed by atoms with Crippen LogP contribution in [0.25, 0.3) is 0 Å². The minimum atomic E-state index is -0.800. The minimum Gasteiger partial charge on any atom is -0.481 e. The number of carbonyl (C=O) groups is 2. The van der Waals surface area contributed by atoms with E-state index < -0.39 is 29.7 Å². The van der Waals surface area contributed by atoms with Gasteiger partial charge in [0.25, 0.3) is 11.5 Å². The number of nitrogens with one attached hydrogen (secondary N) is 1. The molecule has 0 radical (unpaired) electrons. The molecule has 1 aromatic heterocycles. The maximum absolute atomic E-state index is 13.2. The summed E-state index contributed by atoms with van der Waals surface area (Å²) in [6.07, 6.45) is 0. The lowest BCUT2D eigenvalue weighted by Gasteiger charge is -2.26. The van der Waals surface area contributed by atoms with E-state index in [0.29, 0.717) is 5.75 Å². The molecule has 3 N–H and O–H groups in total. The number of hydrogen-bond donors (Lipinski definition) is 2. The second-order valence-corrected chi connectivity index (χ2v) is 9.64. The molecule has 0 aliphatic heterocycles. The van der Waals surface area contributed by atoms with Crippen LogP contribution in [0.4, 0.5) is 11.5 Å². The van der Waals surface area contributed by atoms with E-state index in [2.05, 4.69) is 4.98 Å². The third-order valence-electron chi connectivity index (χ3n) is 5.81. The predicted molar refractivity (Wildman–Crippen MR) is 146 cm³/mol. The Kier molecular flexibility index (Phi) is 9.11. The molecule has 38 heavy (non-hydrogen) atoms. The monoisotopic (exact) mass is 522 g/mol. The van der Waals surface area contributed by atoms with E-state index in [-0.39, 0.29) is 37.1 Å². The van der Waals surface area contributed by atoms with Gasteiger partial charge in [-0.1, -0.05) is 61.9 Å². The van der Waals surface area contributed by atoms with Crippen molar-refractivity contribution in [2.75, 3.05) is 30.4 Å². The van der Waals surface area contributed by atoms with Crippen LogP contribution in [0.5, 0.6) is 5.75 Å². The number of nitrogen functional groups attached to an aromatic ring is 1. The summed E-state index contributed by atoms with van der Waals surface area (Å²) in [5, 5.41) is 0. The Balaban J connectivity index is 1.78. The first-order chi connectivity index (χ1) is 18.0. The third kappa shape index (κ3) is 6.90. The Labute approximate surface area is 221 Å². The van der Waals surface area contributed by atoms with Crippen LogP contribution in [-0.4, -0.2) is 41.2 Å². The highest BCUT2D eigenvalue weighted by atomic mass is 16.6. The molecule has 0 saturated heterocycles. The molecule has 0 aliphatic carbocycles. The van der Waals surface area contributed by atoms with E-state index in [9.17, 15) is 19.2 Å². The average molecular weight is 523 g/mol. The van der Waals surface area contributed by atoms with Gasteiger partial charge in [0.15, 0.2) is 18.9 Å². The predicted octanol–water partition coefficient (Wildman–Crippen LogP) is 2.70. The van der Waals surface area contributed by atoms with Crippen molar-refractivity contribution in [2.45, 2.75) is 41.2 Å². The number of benzene rings is 2. The van der Waals surface area contributed by atoms with Crippen molar-refractivity contribution >= 4 is 23.4 Å². The van der Waals surface area contributed by atoms with E-state index in [1.54, 1.807) is 0 Å². The number of esters is 1. The maximum atomic E-state index is 13.2. The van der Waals surface area contributed by atoms with Crippen molar-refractivity contribution in [1.29, 1.82) is 0 Å². The van der Waals surface area contributed by atoms with Crippen LogP contribution in [0, 0.1) is 26.7 Å². The first-order valence-electron chi connectivity index (χ1n) is 12.3. The Morgan fingerprint density at radius 1 is 1.03 bits per heavy atom. The molecule has 0 unspecified atom stereocenters. The van der Waals surface area contributed by atoms with Gasteiger partial charge in [-0.25, -0.2) is 9.59 Å². The van der Waals surface area contributed by atoms with Gasteiger partial charge < -0.3 is 20.1 Å². The number of hydrogen-bond acceptors (Lipinski definition) is 7. The number of rotatable bonds is 10. The van der Waals surface area contributed by atoms with Crippen molar-refractivity contribution < 1.29 is 19.1 Å². The second-order valence-electron chi connectivity index (χ2n) is 9.64. The molecule has 1 heterocycles. The van der Waals surface area contributed by atoms with Crippen LogP contribution in [0.3, 0.4) is 0 Å². The van der Waals surface area contributed by atoms with Crippen molar-refractivity contribution in [2.24, 2.45) is 5.92 Å². The van der Waals surface area contributed by atoms with Gasteiger partial charge in [-0.2, -0.15) is 0 Å². The number of aromatic nitrogens is 2. The molecule has 0 saturated carbocycles. The number of carbonyl (C=O) groups excluding carboxylic acids is 2. The van der Waals surface area contributed by atoms with Gasteiger partial charge in [0.1, 0.15) is 11.6 Å². The molecule has 0 spiro atoms. The van der Waals surface area contributed by atoms with Gasteiger partial charge in [0.05, 0.1) is 6.54 Å². The smallest absolute Gasteiger partial charge is 0.344 e. The molecule has 0 aliphatic rings. The van der Waals surface area contributed by atoms with Crippen LogP contribution < -0.4 is 26.6 Å². The van der Waals surface area contributed by atoms with E-state index in [0.717, 1.165) is 27.2 Å².